The fourth-order valence-corrected chi connectivity index (χ4v) is 1.01. The van der Waals surface area contributed by atoms with E-state index in [1.807, 2.05) is 0 Å². The number of carbonyl (C=O) groups is 1. The lowest BCUT2D eigenvalue weighted by Gasteiger charge is -2.21. The van der Waals surface area contributed by atoms with E-state index in [-0.39, 0.29) is 5.91 Å². The van der Waals surface area contributed by atoms with E-state index in [9.17, 15) is 4.79 Å². The largest absolute Gasteiger partial charge is 0.341 e. The summed E-state index contributed by atoms with van der Waals surface area (Å²) >= 11 is 0. The van der Waals surface area contributed by atoms with Crippen LogP contribution in [0.25, 0.3) is 0 Å². The molecule has 0 bridgehead atoms. The molecule has 1 aliphatic heterocycles. The van der Waals surface area contributed by atoms with E-state index >= 15 is 0 Å². The van der Waals surface area contributed by atoms with E-state index in [4.69, 9.17) is 9.47 Å². The molecule has 0 aromatic rings. The number of rotatable bonds is 2. The highest BCUT2D eigenvalue weighted by Crippen LogP contribution is 2.17. The van der Waals surface area contributed by atoms with E-state index in [1.165, 1.54) is 14.2 Å². The van der Waals surface area contributed by atoms with Crippen molar-refractivity contribution >= 4 is 11.6 Å². The van der Waals surface area contributed by atoms with Crippen molar-refractivity contribution < 1.29 is 14.3 Å². The van der Waals surface area contributed by atoms with Crippen LogP contribution >= 0.6 is 0 Å². The number of nitrogens with one attached hydrogen (secondary N) is 1. The van der Waals surface area contributed by atoms with Crippen LogP contribution in [-0.2, 0) is 14.3 Å². The van der Waals surface area contributed by atoms with Gasteiger partial charge in [-0.15, -0.1) is 0 Å². The first-order valence-electron chi connectivity index (χ1n) is 3.13. The average molecular weight is 158 g/mol. The minimum absolute atomic E-state index is 0.389. The fraction of sp³-hybridized carbons (Fsp3) is 0.667. The summed E-state index contributed by atoms with van der Waals surface area (Å²) < 4.78 is 9.81. The fourth-order valence-electron chi connectivity index (χ4n) is 1.01. The van der Waals surface area contributed by atoms with Crippen LogP contribution in [-0.4, -0.2) is 31.6 Å². The Kier molecular flexibility index (Phi) is 1.92. The summed E-state index contributed by atoms with van der Waals surface area (Å²) in [5, 5.41) is 3.68. The number of ether oxygens (including phenoxy) is 2. The first-order chi connectivity index (χ1) is 5.17. The summed E-state index contributed by atoms with van der Waals surface area (Å²) in [6, 6.07) is 0. The molecule has 1 N–H and O–H groups in total. The van der Waals surface area contributed by atoms with Gasteiger partial charge in [0.25, 0.3) is 5.79 Å². The summed E-state index contributed by atoms with van der Waals surface area (Å²) in [7, 11) is 2.79. The highest BCUT2D eigenvalue weighted by atomic mass is 16.7. The molecule has 5 heteroatoms. The van der Waals surface area contributed by atoms with E-state index in [0.717, 1.165) is 0 Å². The van der Waals surface area contributed by atoms with Gasteiger partial charge in [-0.2, -0.15) is 5.10 Å². The van der Waals surface area contributed by atoms with Gasteiger partial charge < -0.3 is 9.47 Å². The Bertz CT molecular complexity index is 208. The second-order valence-corrected chi connectivity index (χ2v) is 2.16. The zero-order chi connectivity index (χ0) is 8.48. The predicted octanol–water partition coefficient (Wildman–Crippen LogP) is -0.519. The molecule has 0 aliphatic carbocycles. The maximum atomic E-state index is 11.1. The summed E-state index contributed by atoms with van der Waals surface area (Å²) in [6.07, 6.45) is 0. The summed E-state index contributed by atoms with van der Waals surface area (Å²) in [5.74, 6) is -1.69. The number of hydrogen-bond donors (Lipinski definition) is 1. The van der Waals surface area contributed by atoms with Gasteiger partial charge in [0.2, 0.25) is 0 Å². The van der Waals surface area contributed by atoms with Gasteiger partial charge in [0, 0.05) is 14.2 Å². The van der Waals surface area contributed by atoms with E-state index in [0.29, 0.717) is 5.71 Å². The van der Waals surface area contributed by atoms with Crippen molar-refractivity contribution in [3.8, 4) is 0 Å². The molecule has 5 nitrogen and oxygen atoms in total. The van der Waals surface area contributed by atoms with Crippen molar-refractivity contribution in [2.75, 3.05) is 14.2 Å². The van der Waals surface area contributed by atoms with Gasteiger partial charge in [-0.25, -0.2) is 5.43 Å². The minimum atomic E-state index is -1.31. The molecular formula is C6H10N2O3. The smallest absolute Gasteiger partial charge is 0.306 e. The number of carbonyl (C=O) groups excluding carboxylic acids is 1. The molecule has 0 saturated heterocycles. The van der Waals surface area contributed by atoms with Gasteiger partial charge in [0.05, 0.1) is 0 Å². The molecule has 0 aromatic carbocycles. The predicted molar refractivity (Wildman–Crippen MR) is 38.0 cm³/mol. The summed E-state index contributed by atoms with van der Waals surface area (Å²) in [4.78, 5) is 11.1. The van der Waals surface area contributed by atoms with Crippen molar-refractivity contribution in [3.05, 3.63) is 0 Å². The Balaban J connectivity index is 2.96. The normalized spacial score (nSPS) is 21.4. The molecule has 1 aliphatic rings. The standard InChI is InChI=1S/C6H10N2O3/c1-4-6(10-2,11-3)5(9)8-7-4/h1-3H3,(H,8,9). The lowest BCUT2D eigenvalue weighted by atomic mass is 10.2. The SMILES string of the molecule is COC1(OC)C(=O)NN=C1C. The van der Waals surface area contributed by atoms with Gasteiger partial charge in [-0.3, -0.25) is 4.79 Å². The van der Waals surface area contributed by atoms with Gasteiger partial charge in [-0.1, -0.05) is 0 Å². The third kappa shape index (κ3) is 0.928. The van der Waals surface area contributed by atoms with E-state index in [1.54, 1.807) is 6.92 Å². The van der Waals surface area contributed by atoms with Crippen molar-refractivity contribution in [2.45, 2.75) is 12.7 Å². The molecular weight excluding hydrogens is 148 g/mol. The molecule has 0 unspecified atom stereocenters. The van der Waals surface area contributed by atoms with Crippen LogP contribution < -0.4 is 5.43 Å². The average Bonchev–Trinajstić information content (AvgIpc) is 2.29. The Hall–Kier alpha value is -0.940. The Morgan fingerprint density at radius 2 is 2.00 bits per heavy atom. The second kappa shape index (κ2) is 2.60. The van der Waals surface area contributed by atoms with Crippen LogP contribution in [0, 0.1) is 0 Å². The number of hydrazone groups is 1. The van der Waals surface area contributed by atoms with Crippen molar-refractivity contribution in [1.29, 1.82) is 0 Å². The molecule has 0 atom stereocenters. The first-order valence-corrected chi connectivity index (χ1v) is 3.13. The van der Waals surface area contributed by atoms with Gasteiger partial charge in [0.1, 0.15) is 5.71 Å². The third-order valence-corrected chi connectivity index (χ3v) is 1.68. The van der Waals surface area contributed by atoms with Crippen molar-refractivity contribution in [2.24, 2.45) is 5.10 Å². The van der Waals surface area contributed by atoms with Crippen LogP contribution in [0.2, 0.25) is 0 Å². The van der Waals surface area contributed by atoms with Crippen molar-refractivity contribution in [1.82, 2.24) is 5.43 Å². The number of methoxy groups -OCH3 is 2. The topological polar surface area (TPSA) is 59.9 Å². The van der Waals surface area contributed by atoms with E-state index < -0.39 is 5.79 Å². The Morgan fingerprint density at radius 3 is 2.18 bits per heavy atom. The second-order valence-electron chi connectivity index (χ2n) is 2.16. The lowest BCUT2D eigenvalue weighted by Crippen LogP contribution is -2.48. The highest BCUT2D eigenvalue weighted by Gasteiger charge is 2.46. The molecule has 11 heavy (non-hydrogen) atoms. The Labute approximate surface area is 64.4 Å². The summed E-state index contributed by atoms with van der Waals surface area (Å²) in [6.45, 7) is 1.66. The molecule has 0 fully saturated rings. The van der Waals surface area contributed by atoms with Crippen LogP contribution in [0.5, 0.6) is 0 Å². The monoisotopic (exact) mass is 158 g/mol. The quantitative estimate of drug-likeness (QED) is 0.550. The molecule has 0 radical (unpaired) electrons. The highest BCUT2D eigenvalue weighted by molar-refractivity contribution is 6.12. The molecule has 62 valence electrons. The van der Waals surface area contributed by atoms with Crippen LogP contribution in [0.15, 0.2) is 5.10 Å². The van der Waals surface area contributed by atoms with Gasteiger partial charge in [0.15, 0.2) is 0 Å². The minimum Gasteiger partial charge on any atom is -0.341 e. The molecule has 0 saturated carbocycles. The van der Waals surface area contributed by atoms with Gasteiger partial charge >= 0.3 is 5.91 Å². The summed E-state index contributed by atoms with van der Waals surface area (Å²) in [5.41, 5.74) is 2.74. The number of nitrogens with zero attached hydrogens (tertiary/aromatic N) is 1. The molecule has 1 heterocycles. The molecule has 1 amide bonds. The van der Waals surface area contributed by atoms with Crippen LogP contribution in [0.3, 0.4) is 0 Å². The van der Waals surface area contributed by atoms with Gasteiger partial charge in [-0.05, 0) is 6.92 Å². The zero-order valence-corrected chi connectivity index (χ0v) is 6.67. The first kappa shape index (κ1) is 8.16. The lowest BCUT2D eigenvalue weighted by molar-refractivity contribution is -0.176. The maximum Gasteiger partial charge on any atom is 0.306 e. The van der Waals surface area contributed by atoms with E-state index in [2.05, 4.69) is 10.5 Å². The molecule has 0 aromatic heterocycles. The molecule has 1 rings (SSSR count). The molecule has 0 spiro atoms. The van der Waals surface area contributed by atoms with Crippen LogP contribution in [0.1, 0.15) is 6.92 Å². The van der Waals surface area contributed by atoms with Crippen LogP contribution in [0.4, 0.5) is 0 Å². The zero-order valence-electron chi connectivity index (χ0n) is 6.67. The maximum absolute atomic E-state index is 11.1. The number of amides is 1. The third-order valence-electron chi connectivity index (χ3n) is 1.68. The van der Waals surface area contributed by atoms with Crippen molar-refractivity contribution in [3.63, 3.8) is 0 Å². The number of hydrogen-bond acceptors (Lipinski definition) is 4. The Morgan fingerprint density at radius 1 is 1.45 bits per heavy atom.